The zero-order valence-electron chi connectivity index (χ0n) is 13.0. The standard InChI is InChI=1S/C17H26O2/c1-13(2)17(6,16(3,4)5)15(18)19-12-14-10-8-7-9-11-14/h7-11,13H,12H2,1-6H3. The fourth-order valence-electron chi connectivity index (χ4n) is 2.28. The van der Waals surface area contributed by atoms with Crippen LogP contribution in [0, 0.1) is 16.7 Å². The number of rotatable bonds is 4. The first kappa shape index (κ1) is 15.7. The Labute approximate surface area is 117 Å². The van der Waals surface area contributed by atoms with Crippen LogP contribution in [0.4, 0.5) is 0 Å². The Hall–Kier alpha value is -1.31. The molecule has 0 saturated carbocycles. The van der Waals surface area contributed by atoms with E-state index >= 15 is 0 Å². The topological polar surface area (TPSA) is 26.3 Å². The fraction of sp³-hybridized carbons (Fsp3) is 0.588. The van der Waals surface area contributed by atoms with Crippen molar-refractivity contribution < 1.29 is 9.53 Å². The molecule has 0 aliphatic rings. The third-order valence-corrected chi connectivity index (χ3v) is 4.35. The molecule has 1 aromatic rings. The molecule has 0 aliphatic carbocycles. The van der Waals surface area contributed by atoms with E-state index in [0.29, 0.717) is 6.61 Å². The summed E-state index contributed by atoms with van der Waals surface area (Å²) in [6.45, 7) is 12.8. The van der Waals surface area contributed by atoms with Crippen LogP contribution in [0.5, 0.6) is 0 Å². The number of benzene rings is 1. The molecule has 1 unspecified atom stereocenters. The van der Waals surface area contributed by atoms with E-state index in [0.717, 1.165) is 5.56 Å². The summed E-state index contributed by atoms with van der Waals surface area (Å²) in [6.07, 6.45) is 0. The van der Waals surface area contributed by atoms with Gasteiger partial charge in [0.05, 0.1) is 5.41 Å². The Balaban J connectivity index is 2.80. The van der Waals surface area contributed by atoms with Crippen molar-refractivity contribution in [3.63, 3.8) is 0 Å². The maximum atomic E-state index is 12.5. The maximum Gasteiger partial charge on any atom is 0.312 e. The van der Waals surface area contributed by atoms with Gasteiger partial charge in [-0.3, -0.25) is 4.79 Å². The first-order chi connectivity index (χ1) is 8.69. The Bertz CT molecular complexity index is 415. The van der Waals surface area contributed by atoms with E-state index in [1.165, 1.54) is 0 Å². The molecule has 1 aromatic carbocycles. The number of carbonyl (C=O) groups is 1. The van der Waals surface area contributed by atoms with Crippen molar-refractivity contribution in [3.8, 4) is 0 Å². The van der Waals surface area contributed by atoms with Crippen molar-refractivity contribution >= 4 is 5.97 Å². The number of esters is 1. The summed E-state index contributed by atoms with van der Waals surface area (Å²) in [5.74, 6) is 0.120. The predicted octanol–water partition coefficient (Wildman–Crippen LogP) is 4.44. The average molecular weight is 262 g/mol. The molecule has 1 rings (SSSR count). The van der Waals surface area contributed by atoms with Gasteiger partial charge in [0.15, 0.2) is 0 Å². The van der Waals surface area contributed by atoms with E-state index in [-0.39, 0.29) is 17.3 Å². The van der Waals surface area contributed by atoms with E-state index in [1.807, 2.05) is 37.3 Å². The van der Waals surface area contributed by atoms with Crippen molar-refractivity contribution in [3.05, 3.63) is 35.9 Å². The van der Waals surface area contributed by atoms with Gasteiger partial charge in [-0.05, 0) is 23.8 Å². The lowest BCUT2D eigenvalue weighted by molar-refractivity contribution is -0.167. The minimum Gasteiger partial charge on any atom is -0.460 e. The number of carbonyl (C=O) groups excluding carboxylic acids is 1. The van der Waals surface area contributed by atoms with Gasteiger partial charge < -0.3 is 4.74 Å². The molecular weight excluding hydrogens is 236 g/mol. The van der Waals surface area contributed by atoms with Crippen LogP contribution in [0.15, 0.2) is 30.3 Å². The smallest absolute Gasteiger partial charge is 0.312 e. The van der Waals surface area contributed by atoms with Crippen LogP contribution >= 0.6 is 0 Å². The summed E-state index contributed by atoms with van der Waals surface area (Å²) in [4.78, 5) is 12.5. The molecule has 0 heterocycles. The second-order valence-corrected chi connectivity index (χ2v) is 6.67. The van der Waals surface area contributed by atoms with Crippen LogP contribution in [0.1, 0.15) is 47.1 Å². The van der Waals surface area contributed by atoms with Crippen molar-refractivity contribution in [2.75, 3.05) is 0 Å². The van der Waals surface area contributed by atoms with Gasteiger partial charge in [0.2, 0.25) is 0 Å². The van der Waals surface area contributed by atoms with Gasteiger partial charge >= 0.3 is 5.97 Å². The minimum atomic E-state index is -0.484. The average Bonchev–Trinajstić information content (AvgIpc) is 2.34. The van der Waals surface area contributed by atoms with E-state index < -0.39 is 5.41 Å². The largest absolute Gasteiger partial charge is 0.460 e. The zero-order chi connectivity index (χ0) is 14.7. The van der Waals surface area contributed by atoms with Crippen LogP contribution < -0.4 is 0 Å². The summed E-state index contributed by atoms with van der Waals surface area (Å²) in [5, 5.41) is 0. The first-order valence-corrected chi connectivity index (χ1v) is 6.90. The molecule has 0 N–H and O–H groups in total. The highest BCUT2D eigenvalue weighted by atomic mass is 16.5. The molecule has 0 saturated heterocycles. The van der Waals surface area contributed by atoms with Crippen LogP contribution in [-0.4, -0.2) is 5.97 Å². The number of hydrogen-bond acceptors (Lipinski definition) is 2. The molecular formula is C17H26O2. The van der Waals surface area contributed by atoms with E-state index in [2.05, 4.69) is 34.6 Å². The molecule has 0 radical (unpaired) electrons. The zero-order valence-corrected chi connectivity index (χ0v) is 13.0. The Kier molecular flexibility index (Phi) is 4.78. The second kappa shape index (κ2) is 5.77. The first-order valence-electron chi connectivity index (χ1n) is 6.90. The lowest BCUT2D eigenvalue weighted by Gasteiger charge is -2.42. The van der Waals surface area contributed by atoms with Gasteiger partial charge in [-0.2, -0.15) is 0 Å². The van der Waals surface area contributed by atoms with Gasteiger partial charge in [0.25, 0.3) is 0 Å². The van der Waals surface area contributed by atoms with E-state index in [9.17, 15) is 4.79 Å². The van der Waals surface area contributed by atoms with Gasteiger partial charge in [-0.15, -0.1) is 0 Å². The molecule has 0 spiro atoms. The lowest BCUT2D eigenvalue weighted by atomic mass is 9.62. The maximum absolute atomic E-state index is 12.5. The summed E-state index contributed by atoms with van der Waals surface area (Å²) in [5.41, 5.74) is 0.410. The monoisotopic (exact) mass is 262 g/mol. The summed E-state index contributed by atoms with van der Waals surface area (Å²) >= 11 is 0. The highest BCUT2D eigenvalue weighted by Gasteiger charge is 2.47. The van der Waals surface area contributed by atoms with Gasteiger partial charge in [-0.25, -0.2) is 0 Å². The highest BCUT2D eigenvalue weighted by Crippen LogP contribution is 2.45. The van der Waals surface area contributed by atoms with Gasteiger partial charge in [-0.1, -0.05) is 65.0 Å². The SMILES string of the molecule is CC(C)C(C)(C(=O)OCc1ccccc1)C(C)(C)C. The molecule has 0 fully saturated rings. The molecule has 0 aliphatic heterocycles. The van der Waals surface area contributed by atoms with Crippen molar-refractivity contribution in [1.82, 2.24) is 0 Å². The molecule has 106 valence electrons. The van der Waals surface area contributed by atoms with Crippen molar-refractivity contribution in [2.24, 2.45) is 16.7 Å². The van der Waals surface area contributed by atoms with Gasteiger partial charge in [0.1, 0.15) is 6.61 Å². The van der Waals surface area contributed by atoms with Crippen molar-refractivity contribution in [1.29, 1.82) is 0 Å². The number of ether oxygens (including phenoxy) is 1. The molecule has 2 nitrogen and oxygen atoms in total. The number of hydrogen-bond donors (Lipinski definition) is 0. The predicted molar refractivity (Wildman–Crippen MR) is 78.6 cm³/mol. The fourth-order valence-corrected chi connectivity index (χ4v) is 2.28. The molecule has 0 aromatic heterocycles. The summed E-state index contributed by atoms with van der Waals surface area (Å²) < 4.78 is 5.54. The molecule has 1 atom stereocenters. The van der Waals surface area contributed by atoms with Crippen LogP contribution in [0.3, 0.4) is 0 Å². The third kappa shape index (κ3) is 3.37. The summed E-state index contributed by atoms with van der Waals surface area (Å²) in [6, 6.07) is 9.80. The van der Waals surface area contributed by atoms with Crippen LogP contribution in [0.2, 0.25) is 0 Å². The Morgan fingerprint density at radius 3 is 2.05 bits per heavy atom. The Morgan fingerprint density at radius 2 is 1.63 bits per heavy atom. The molecule has 0 amide bonds. The van der Waals surface area contributed by atoms with Crippen LogP contribution in [0.25, 0.3) is 0 Å². The van der Waals surface area contributed by atoms with Crippen LogP contribution in [-0.2, 0) is 16.1 Å². The molecule has 19 heavy (non-hydrogen) atoms. The third-order valence-electron chi connectivity index (χ3n) is 4.35. The summed E-state index contributed by atoms with van der Waals surface area (Å²) in [7, 11) is 0. The lowest BCUT2D eigenvalue weighted by Crippen LogP contribution is -2.45. The highest BCUT2D eigenvalue weighted by molar-refractivity contribution is 5.77. The van der Waals surface area contributed by atoms with E-state index in [1.54, 1.807) is 0 Å². The molecule has 0 bridgehead atoms. The minimum absolute atomic E-state index is 0.112. The van der Waals surface area contributed by atoms with Crippen molar-refractivity contribution in [2.45, 2.75) is 48.1 Å². The normalized spacial score (nSPS) is 15.1. The quantitative estimate of drug-likeness (QED) is 0.750. The second-order valence-electron chi connectivity index (χ2n) is 6.67. The van der Waals surface area contributed by atoms with E-state index in [4.69, 9.17) is 4.74 Å². The molecule has 2 heteroatoms. The van der Waals surface area contributed by atoms with Gasteiger partial charge in [0, 0.05) is 0 Å². The Morgan fingerprint density at radius 1 is 1.11 bits per heavy atom.